The van der Waals surface area contributed by atoms with Crippen molar-refractivity contribution in [2.24, 2.45) is 0 Å². The summed E-state index contributed by atoms with van der Waals surface area (Å²) < 4.78 is 0. The Morgan fingerprint density at radius 2 is 1.59 bits per heavy atom. The van der Waals surface area contributed by atoms with Crippen LogP contribution in [0.15, 0.2) is 0 Å². The van der Waals surface area contributed by atoms with Gasteiger partial charge in [0.2, 0.25) is 0 Å². The molecule has 102 valence electrons. The van der Waals surface area contributed by atoms with Crippen molar-refractivity contribution in [3.05, 3.63) is 0 Å². The third kappa shape index (κ3) is 11.5. The number of hydrogen-bond donors (Lipinski definition) is 3. The van der Waals surface area contributed by atoms with Crippen molar-refractivity contribution < 1.29 is 15.0 Å². The first-order valence-corrected chi connectivity index (χ1v) is 6.81. The molecule has 4 nitrogen and oxygen atoms in total. The quantitative estimate of drug-likeness (QED) is 0.490. The maximum Gasteiger partial charge on any atom is 0.404 e. The molecule has 0 saturated carbocycles. The van der Waals surface area contributed by atoms with E-state index in [1.54, 1.807) is 0 Å². The zero-order chi connectivity index (χ0) is 12.9. The van der Waals surface area contributed by atoms with Gasteiger partial charge in [-0.1, -0.05) is 58.3 Å². The second-order valence-corrected chi connectivity index (χ2v) is 4.59. The van der Waals surface area contributed by atoms with Gasteiger partial charge in [0.1, 0.15) is 0 Å². The molecule has 0 rings (SSSR count). The van der Waals surface area contributed by atoms with Crippen LogP contribution in [0, 0.1) is 0 Å². The van der Waals surface area contributed by atoms with Crippen LogP contribution in [0.1, 0.15) is 64.7 Å². The third-order valence-corrected chi connectivity index (χ3v) is 2.95. The van der Waals surface area contributed by atoms with Crippen LogP contribution >= 0.6 is 0 Å². The summed E-state index contributed by atoms with van der Waals surface area (Å²) >= 11 is 0. The Balaban J connectivity index is 3.28. The van der Waals surface area contributed by atoms with Crippen LogP contribution in [-0.2, 0) is 0 Å². The molecule has 0 aromatic carbocycles. The highest BCUT2D eigenvalue weighted by Crippen LogP contribution is 2.10. The summed E-state index contributed by atoms with van der Waals surface area (Å²) in [5, 5.41) is 19.8. The lowest BCUT2D eigenvalue weighted by molar-refractivity contribution is 0.174. The Kier molecular flexibility index (Phi) is 11.2. The van der Waals surface area contributed by atoms with E-state index in [9.17, 15) is 4.79 Å². The lowest BCUT2D eigenvalue weighted by Gasteiger charge is -2.13. The van der Waals surface area contributed by atoms with Crippen molar-refractivity contribution in [1.82, 2.24) is 5.32 Å². The van der Waals surface area contributed by atoms with Crippen molar-refractivity contribution in [1.29, 1.82) is 0 Å². The van der Waals surface area contributed by atoms with Gasteiger partial charge in [0.25, 0.3) is 0 Å². The molecule has 1 amide bonds. The van der Waals surface area contributed by atoms with Crippen LogP contribution in [0.4, 0.5) is 4.79 Å². The summed E-state index contributed by atoms with van der Waals surface area (Å²) in [4.78, 5) is 10.4. The predicted octanol–water partition coefficient (Wildman–Crippen LogP) is 3.15. The van der Waals surface area contributed by atoms with Crippen molar-refractivity contribution in [2.75, 3.05) is 6.61 Å². The van der Waals surface area contributed by atoms with E-state index in [4.69, 9.17) is 10.2 Å². The third-order valence-electron chi connectivity index (χ3n) is 2.95. The Hall–Kier alpha value is -0.770. The van der Waals surface area contributed by atoms with Crippen molar-refractivity contribution in [2.45, 2.75) is 70.8 Å². The van der Waals surface area contributed by atoms with Crippen LogP contribution in [0.25, 0.3) is 0 Å². The molecule has 17 heavy (non-hydrogen) atoms. The van der Waals surface area contributed by atoms with Crippen molar-refractivity contribution in [3.8, 4) is 0 Å². The Morgan fingerprint density at radius 1 is 1.06 bits per heavy atom. The molecule has 0 heterocycles. The molecule has 0 fully saturated rings. The maximum absolute atomic E-state index is 10.4. The minimum absolute atomic E-state index is 0.108. The number of amides is 1. The number of nitrogens with one attached hydrogen (secondary N) is 1. The van der Waals surface area contributed by atoms with E-state index >= 15 is 0 Å². The molecule has 0 aromatic heterocycles. The molecule has 4 heteroatoms. The molecule has 0 saturated heterocycles. The lowest BCUT2D eigenvalue weighted by atomic mass is 10.1. The molecule has 0 spiro atoms. The molecule has 3 N–H and O–H groups in total. The lowest BCUT2D eigenvalue weighted by Crippen LogP contribution is -2.36. The minimum atomic E-state index is -1.05. The molecule has 1 unspecified atom stereocenters. The smallest absolute Gasteiger partial charge is 0.404 e. The van der Waals surface area contributed by atoms with E-state index in [0.717, 1.165) is 19.3 Å². The van der Waals surface area contributed by atoms with Crippen LogP contribution in [0.3, 0.4) is 0 Å². The molecule has 0 aliphatic heterocycles. The fourth-order valence-electron chi connectivity index (χ4n) is 1.91. The van der Waals surface area contributed by atoms with Gasteiger partial charge in [0.05, 0.1) is 12.6 Å². The normalized spacial score (nSPS) is 12.4. The summed E-state index contributed by atoms with van der Waals surface area (Å²) in [5.41, 5.74) is 0. The Labute approximate surface area is 104 Å². The number of hydrogen-bond acceptors (Lipinski definition) is 2. The molecule has 0 bridgehead atoms. The highest BCUT2D eigenvalue weighted by molar-refractivity contribution is 5.64. The second kappa shape index (κ2) is 11.7. The van der Waals surface area contributed by atoms with E-state index in [0.29, 0.717) is 0 Å². The SMILES string of the molecule is CCCCCCCCCCC(CO)NC(=O)O. The van der Waals surface area contributed by atoms with Crippen molar-refractivity contribution in [3.63, 3.8) is 0 Å². The van der Waals surface area contributed by atoms with E-state index < -0.39 is 6.09 Å². The van der Waals surface area contributed by atoms with Gasteiger partial charge in [-0.05, 0) is 6.42 Å². The highest BCUT2D eigenvalue weighted by atomic mass is 16.4. The number of unbranched alkanes of at least 4 members (excludes halogenated alkanes) is 7. The van der Waals surface area contributed by atoms with Gasteiger partial charge in [-0.25, -0.2) is 4.79 Å². The van der Waals surface area contributed by atoms with Crippen LogP contribution in [0.5, 0.6) is 0 Å². The van der Waals surface area contributed by atoms with E-state index in [-0.39, 0.29) is 12.6 Å². The molecule has 0 aliphatic rings. The number of carboxylic acid groups (broad SMARTS) is 1. The van der Waals surface area contributed by atoms with Crippen molar-refractivity contribution >= 4 is 6.09 Å². The summed E-state index contributed by atoms with van der Waals surface area (Å²) in [6.07, 6.45) is 9.53. The standard InChI is InChI=1S/C13H27NO3/c1-2-3-4-5-6-7-8-9-10-12(11-15)14-13(16)17/h12,14-15H,2-11H2,1H3,(H,16,17). The Bertz CT molecular complexity index is 186. The molecule has 0 aliphatic carbocycles. The average molecular weight is 245 g/mol. The van der Waals surface area contributed by atoms with E-state index in [1.165, 1.54) is 38.5 Å². The molecule has 1 atom stereocenters. The highest BCUT2D eigenvalue weighted by Gasteiger charge is 2.08. The summed E-state index contributed by atoms with van der Waals surface area (Å²) in [5.74, 6) is 0. The topological polar surface area (TPSA) is 69.6 Å². The van der Waals surface area contributed by atoms with Crippen LogP contribution in [-0.4, -0.2) is 29.0 Å². The van der Waals surface area contributed by atoms with Gasteiger partial charge in [0.15, 0.2) is 0 Å². The van der Waals surface area contributed by atoms with Crippen LogP contribution in [0.2, 0.25) is 0 Å². The van der Waals surface area contributed by atoms with E-state index in [1.807, 2.05) is 0 Å². The van der Waals surface area contributed by atoms with Gasteiger partial charge >= 0.3 is 6.09 Å². The predicted molar refractivity (Wildman–Crippen MR) is 69.3 cm³/mol. The van der Waals surface area contributed by atoms with Gasteiger partial charge < -0.3 is 15.5 Å². The summed E-state index contributed by atoms with van der Waals surface area (Å²) in [7, 11) is 0. The fourth-order valence-corrected chi connectivity index (χ4v) is 1.91. The number of aliphatic hydroxyl groups is 1. The number of rotatable bonds is 11. The van der Waals surface area contributed by atoms with Gasteiger partial charge in [0, 0.05) is 0 Å². The van der Waals surface area contributed by atoms with Gasteiger partial charge in [-0.3, -0.25) is 0 Å². The molecular weight excluding hydrogens is 218 g/mol. The van der Waals surface area contributed by atoms with E-state index in [2.05, 4.69) is 12.2 Å². The van der Waals surface area contributed by atoms with Gasteiger partial charge in [-0.15, -0.1) is 0 Å². The monoisotopic (exact) mass is 245 g/mol. The first kappa shape index (κ1) is 16.2. The molecule has 0 aromatic rings. The maximum atomic E-state index is 10.4. The zero-order valence-electron chi connectivity index (χ0n) is 11.0. The van der Waals surface area contributed by atoms with Crippen LogP contribution < -0.4 is 5.32 Å². The number of carbonyl (C=O) groups is 1. The summed E-state index contributed by atoms with van der Waals surface area (Å²) in [6.45, 7) is 2.10. The average Bonchev–Trinajstić information content (AvgIpc) is 2.30. The fraction of sp³-hybridized carbons (Fsp3) is 0.923. The molecule has 0 radical (unpaired) electrons. The zero-order valence-corrected chi connectivity index (χ0v) is 11.0. The first-order valence-electron chi connectivity index (χ1n) is 6.81. The molecular formula is C13H27NO3. The first-order chi connectivity index (χ1) is 8.20. The largest absolute Gasteiger partial charge is 0.465 e. The van der Waals surface area contributed by atoms with Gasteiger partial charge in [-0.2, -0.15) is 0 Å². The second-order valence-electron chi connectivity index (χ2n) is 4.59. The minimum Gasteiger partial charge on any atom is -0.465 e. The number of aliphatic hydroxyl groups excluding tert-OH is 1. The summed E-state index contributed by atoms with van der Waals surface area (Å²) in [6, 6.07) is -0.299. The Morgan fingerprint density at radius 3 is 2.06 bits per heavy atom.